The first-order valence-electron chi connectivity index (χ1n) is 4.76. The van der Waals surface area contributed by atoms with Crippen molar-refractivity contribution in [3.63, 3.8) is 0 Å². The van der Waals surface area contributed by atoms with Crippen LogP contribution in [0.5, 0.6) is 0 Å². The molecule has 0 fully saturated rings. The summed E-state index contributed by atoms with van der Waals surface area (Å²) in [6, 6.07) is 3.31. The Hall–Kier alpha value is -1.36. The molecule has 1 aromatic rings. The molecule has 0 spiro atoms. The molecule has 4 nitrogen and oxygen atoms in total. The van der Waals surface area contributed by atoms with E-state index in [0.29, 0.717) is 23.8 Å². The van der Waals surface area contributed by atoms with Crippen molar-refractivity contribution >= 4 is 23.1 Å². The van der Waals surface area contributed by atoms with Crippen molar-refractivity contribution in [2.45, 2.75) is 13.3 Å². The second kappa shape index (κ2) is 5.50. The highest BCUT2D eigenvalue weighted by Crippen LogP contribution is 2.06. The SMILES string of the molecule is CCCN(CC(N)=S)C(=O)c1ccco1. The van der Waals surface area contributed by atoms with Gasteiger partial charge in [0, 0.05) is 6.54 Å². The number of hydrogen-bond acceptors (Lipinski definition) is 3. The number of carbonyl (C=O) groups is 1. The minimum Gasteiger partial charge on any atom is -0.459 e. The fourth-order valence-corrected chi connectivity index (χ4v) is 1.42. The number of amides is 1. The summed E-state index contributed by atoms with van der Waals surface area (Å²) >= 11 is 4.79. The van der Waals surface area contributed by atoms with Gasteiger partial charge in [-0.1, -0.05) is 19.1 Å². The van der Waals surface area contributed by atoms with Gasteiger partial charge < -0.3 is 15.1 Å². The molecule has 0 saturated heterocycles. The van der Waals surface area contributed by atoms with E-state index >= 15 is 0 Å². The lowest BCUT2D eigenvalue weighted by Gasteiger charge is -2.19. The van der Waals surface area contributed by atoms with E-state index in [1.807, 2.05) is 6.92 Å². The molecule has 0 bridgehead atoms. The Morgan fingerprint density at radius 2 is 2.40 bits per heavy atom. The summed E-state index contributed by atoms with van der Waals surface area (Å²) in [6.07, 6.45) is 2.33. The third kappa shape index (κ3) is 3.36. The molecule has 15 heavy (non-hydrogen) atoms. The summed E-state index contributed by atoms with van der Waals surface area (Å²) in [5.41, 5.74) is 5.42. The van der Waals surface area contributed by atoms with Gasteiger partial charge in [0.25, 0.3) is 5.91 Å². The zero-order valence-corrected chi connectivity index (χ0v) is 9.42. The Bertz CT molecular complexity index is 335. The fraction of sp³-hybridized carbons (Fsp3) is 0.400. The highest BCUT2D eigenvalue weighted by molar-refractivity contribution is 7.80. The maximum Gasteiger partial charge on any atom is 0.289 e. The number of furan rings is 1. The third-order valence-electron chi connectivity index (χ3n) is 1.86. The van der Waals surface area contributed by atoms with Gasteiger partial charge in [-0.2, -0.15) is 0 Å². The minimum absolute atomic E-state index is 0.172. The van der Waals surface area contributed by atoms with Crippen LogP contribution in [0.1, 0.15) is 23.9 Å². The number of rotatable bonds is 5. The van der Waals surface area contributed by atoms with Crippen LogP contribution in [0.4, 0.5) is 0 Å². The van der Waals surface area contributed by atoms with Crippen molar-refractivity contribution < 1.29 is 9.21 Å². The van der Waals surface area contributed by atoms with Crippen LogP contribution in [0.2, 0.25) is 0 Å². The molecule has 1 heterocycles. The zero-order valence-electron chi connectivity index (χ0n) is 8.60. The monoisotopic (exact) mass is 226 g/mol. The summed E-state index contributed by atoms with van der Waals surface area (Å²) < 4.78 is 5.03. The molecule has 1 amide bonds. The largest absolute Gasteiger partial charge is 0.459 e. The second-order valence-electron chi connectivity index (χ2n) is 3.17. The van der Waals surface area contributed by atoms with Gasteiger partial charge in [-0.05, 0) is 18.6 Å². The molecule has 5 heteroatoms. The molecular weight excluding hydrogens is 212 g/mol. The predicted octanol–water partition coefficient (Wildman–Crippen LogP) is 1.42. The molecule has 0 aliphatic heterocycles. The van der Waals surface area contributed by atoms with Crippen LogP contribution in [-0.2, 0) is 0 Å². The Balaban J connectivity index is 2.71. The van der Waals surface area contributed by atoms with E-state index in [1.54, 1.807) is 17.0 Å². The lowest BCUT2D eigenvalue weighted by molar-refractivity contribution is 0.0748. The molecule has 0 aromatic carbocycles. The molecule has 0 aliphatic carbocycles. The smallest absolute Gasteiger partial charge is 0.289 e. The van der Waals surface area contributed by atoms with E-state index in [9.17, 15) is 4.79 Å². The summed E-state index contributed by atoms with van der Waals surface area (Å²) in [7, 11) is 0. The normalized spacial score (nSPS) is 9.93. The highest BCUT2D eigenvalue weighted by atomic mass is 32.1. The topological polar surface area (TPSA) is 59.5 Å². The van der Waals surface area contributed by atoms with Crippen molar-refractivity contribution in [2.24, 2.45) is 5.73 Å². The lowest BCUT2D eigenvalue weighted by Crippen LogP contribution is -2.38. The average Bonchev–Trinajstić information content (AvgIpc) is 2.68. The summed E-state index contributed by atoms with van der Waals surface area (Å²) in [4.78, 5) is 13.7. The molecule has 1 aromatic heterocycles. The number of nitrogens with zero attached hydrogens (tertiary/aromatic N) is 1. The van der Waals surface area contributed by atoms with Gasteiger partial charge in [-0.3, -0.25) is 4.79 Å². The maximum absolute atomic E-state index is 11.8. The van der Waals surface area contributed by atoms with Crippen molar-refractivity contribution in [3.8, 4) is 0 Å². The summed E-state index contributed by atoms with van der Waals surface area (Å²) in [5.74, 6) is 0.148. The molecule has 0 atom stereocenters. The average molecular weight is 226 g/mol. The third-order valence-corrected chi connectivity index (χ3v) is 1.99. The minimum atomic E-state index is -0.172. The van der Waals surface area contributed by atoms with E-state index in [1.165, 1.54) is 6.26 Å². The Morgan fingerprint density at radius 3 is 2.87 bits per heavy atom. The molecule has 0 unspecified atom stereocenters. The first-order valence-corrected chi connectivity index (χ1v) is 5.17. The number of carbonyl (C=O) groups excluding carboxylic acids is 1. The van der Waals surface area contributed by atoms with Crippen LogP contribution in [0.3, 0.4) is 0 Å². The number of thiocarbonyl (C=S) groups is 1. The summed E-state index contributed by atoms with van der Waals surface area (Å²) in [5, 5.41) is 0. The van der Waals surface area contributed by atoms with Gasteiger partial charge in [-0.15, -0.1) is 0 Å². The van der Waals surface area contributed by atoms with Gasteiger partial charge in [0.2, 0.25) is 0 Å². The molecule has 82 valence electrons. The molecular formula is C10H14N2O2S. The van der Waals surface area contributed by atoms with Gasteiger partial charge >= 0.3 is 0 Å². The lowest BCUT2D eigenvalue weighted by atomic mass is 10.3. The van der Waals surface area contributed by atoms with Crippen LogP contribution in [0.15, 0.2) is 22.8 Å². The second-order valence-corrected chi connectivity index (χ2v) is 3.69. The van der Waals surface area contributed by atoms with Crippen molar-refractivity contribution in [1.82, 2.24) is 4.90 Å². The highest BCUT2D eigenvalue weighted by Gasteiger charge is 2.17. The van der Waals surface area contributed by atoms with Gasteiger partial charge in [0.15, 0.2) is 5.76 Å². The van der Waals surface area contributed by atoms with Gasteiger partial charge in [-0.25, -0.2) is 0 Å². The molecule has 0 saturated carbocycles. The van der Waals surface area contributed by atoms with Crippen LogP contribution in [-0.4, -0.2) is 28.9 Å². The van der Waals surface area contributed by atoms with E-state index in [4.69, 9.17) is 22.4 Å². The fourth-order valence-electron chi connectivity index (χ4n) is 1.27. The van der Waals surface area contributed by atoms with E-state index in [0.717, 1.165) is 6.42 Å². The van der Waals surface area contributed by atoms with Crippen LogP contribution >= 0.6 is 12.2 Å². The van der Waals surface area contributed by atoms with Gasteiger partial charge in [0.1, 0.15) is 0 Å². The first kappa shape index (κ1) is 11.7. The zero-order chi connectivity index (χ0) is 11.3. The molecule has 0 aliphatic rings. The standard InChI is InChI=1S/C10H14N2O2S/c1-2-5-12(7-9(11)15)10(13)8-4-3-6-14-8/h3-4,6H,2,5,7H2,1H3,(H2,11,15). The van der Waals surface area contributed by atoms with Gasteiger partial charge in [0.05, 0.1) is 17.8 Å². The Morgan fingerprint density at radius 1 is 1.67 bits per heavy atom. The molecule has 1 rings (SSSR count). The number of nitrogens with two attached hydrogens (primary N) is 1. The van der Waals surface area contributed by atoms with Crippen LogP contribution < -0.4 is 5.73 Å². The quantitative estimate of drug-likeness (QED) is 0.771. The van der Waals surface area contributed by atoms with Crippen molar-refractivity contribution in [1.29, 1.82) is 0 Å². The van der Waals surface area contributed by atoms with Crippen LogP contribution in [0, 0.1) is 0 Å². The van der Waals surface area contributed by atoms with E-state index in [-0.39, 0.29) is 5.91 Å². The first-order chi connectivity index (χ1) is 7.15. The maximum atomic E-state index is 11.8. The van der Waals surface area contributed by atoms with E-state index in [2.05, 4.69) is 0 Å². The van der Waals surface area contributed by atoms with E-state index < -0.39 is 0 Å². The molecule has 0 radical (unpaired) electrons. The van der Waals surface area contributed by atoms with Crippen LogP contribution in [0.25, 0.3) is 0 Å². The predicted molar refractivity (Wildman–Crippen MR) is 61.7 cm³/mol. The number of hydrogen-bond donors (Lipinski definition) is 1. The Kier molecular flexibility index (Phi) is 4.30. The Labute approximate surface area is 94.0 Å². The van der Waals surface area contributed by atoms with Crippen molar-refractivity contribution in [3.05, 3.63) is 24.2 Å². The molecule has 2 N–H and O–H groups in total. The van der Waals surface area contributed by atoms with Crippen molar-refractivity contribution in [2.75, 3.05) is 13.1 Å². The summed E-state index contributed by atoms with van der Waals surface area (Å²) in [6.45, 7) is 2.90.